The summed E-state index contributed by atoms with van der Waals surface area (Å²) in [5.41, 5.74) is 0. The number of carbonyl (C=O) groups excluding carboxylic acids is 4. The third kappa shape index (κ3) is 79.3. The molecule has 0 aliphatic carbocycles. The maximum Gasteiger partial charge on any atom is 0.472 e. The number of hydrogen-bond acceptors (Lipinski definition) is 15. The molecule has 0 aliphatic heterocycles. The fraction of sp³-hybridized carbons (Fsp3) is 0.708. The second-order valence-corrected chi connectivity index (χ2v) is 30.9. The molecule has 0 heterocycles. The number of phosphoric acid groups is 2. The number of hydrogen-bond donors (Lipinski definition) is 3. The second kappa shape index (κ2) is 80.3. The highest BCUT2D eigenvalue weighted by molar-refractivity contribution is 7.47. The molecule has 0 rings (SSSR count). The standard InChI is InChI=1S/C89H152O17P2/c1-5-9-13-17-21-25-29-33-36-39-41-44-46-50-53-57-61-65-69-73-86(91)99-79-84(105-88(93)75-71-67-63-59-55-49-32-28-24-20-16-12-8-4)81-103-107(95,96)101-77-83(90)78-102-108(97,98)104-82-85(106-89(94)76-72-68-64-60-56-52-48-43-38-35-31-27-23-19-15-11-7-3)80-100-87(92)74-70-66-62-58-54-51-47-45-42-40-37-34-30-26-22-18-14-10-6-2/h11,15,21-23,25-27,33-38,41-42,44-45,48,52,60,64,83-85,90H,5-10,12-14,16-20,24,28-32,39-40,43,46-47,49-51,53-59,61-63,65-82H2,1-4H3,(H,95,96)(H,97,98)/b15-11-,25-21-,26-22-,27-23-,36-33-,37-34-,38-35-,44-41-,45-42-,52-48-,64-60-. The van der Waals surface area contributed by atoms with E-state index in [4.69, 9.17) is 37.0 Å². The molecule has 19 heteroatoms. The average molecular weight is 1560 g/mol. The number of unbranched alkanes of at least 4 members (excludes halogenated alkanes) is 31. The molecule has 0 radical (unpaired) electrons. The van der Waals surface area contributed by atoms with Gasteiger partial charge in [-0.05, 0) is 141 Å². The number of phosphoric ester groups is 2. The summed E-state index contributed by atoms with van der Waals surface area (Å²) >= 11 is 0. The van der Waals surface area contributed by atoms with Crippen molar-refractivity contribution in [3.63, 3.8) is 0 Å². The normalized spacial score (nSPS) is 14.5. The first kappa shape index (κ1) is 103. The third-order valence-corrected chi connectivity index (χ3v) is 19.5. The molecule has 0 saturated heterocycles. The van der Waals surface area contributed by atoms with Crippen molar-refractivity contribution in [1.82, 2.24) is 0 Å². The van der Waals surface area contributed by atoms with E-state index in [-0.39, 0.29) is 25.7 Å². The lowest BCUT2D eigenvalue weighted by molar-refractivity contribution is -0.161. The van der Waals surface area contributed by atoms with Crippen LogP contribution < -0.4 is 0 Å². The third-order valence-electron chi connectivity index (χ3n) is 17.6. The quantitative estimate of drug-likeness (QED) is 0.0169. The lowest BCUT2D eigenvalue weighted by Crippen LogP contribution is -2.30. The van der Waals surface area contributed by atoms with Crippen molar-refractivity contribution in [2.24, 2.45) is 0 Å². The maximum absolute atomic E-state index is 13.1. The lowest BCUT2D eigenvalue weighted by Gasteiger charge is -2.21. The minimum atomic E-state index is -5.00. The van der Waals surface area contributed by atoms with Gasteiger partial charge in [0.15, 0.2) is 12.2 Å². The maximum atomic E-state index is 13.1. The van der Waals surface area contributed by atoms with Gasteiger partial charge in [0.05, 0.1) is 26.4 Å². The molecule has 5 atom stereocenters. The first-order valence-corrected chi connectivity index (χ1v) is 45.4. The summed E-state index contributed by atoms with van der Waals surface area (Å²) in [7, 11) is -9.99. The molecule has 0 aromatic heterocycles. The number of aliphatic hydroxyl groups is 1. The Hall–Kier alpha value is -4.80. The average Bonchev–Trinajstić information content (AvgIpc) is 0.905. The zero-order valence-corrected chi connectivity index (χ0v) is 69.8. The van der Waals surface area contributed by atoms with Crippen LogP contribution in [0.3, 0.4) is 0 Å². The van der Waals surface area contributed by atoms with Crippen LogP contribution in [0.25, 0.3) is 0 Å². The Morgan fingerprint density at radius 3 is 0.796 bits per heavy atom. The van der Waals surface area contributed by atoms with Crippen LogP contribution in [0.5, 0.6) is 0 Å². The smallest absolute Gasteiger partial charge is 0.462 e. The van der Waals surface area contributed by atoms with Gasteiger partial charge >= 0.3 is 39.5 Å². The molecular formula is C89H152O17P2. The number of ether oxygens (including phenoxy) is 4. The van der Waals surface area contributed by atoms with E-state index in [9.17, 15) is 43.2 Å². The monoisotopic (exact) mass is 1560 g/mol. The largest absolute Gasteiger partial charge is 0.472 e. The number of esters is 4. The van der Waals surface area contributed by atoms with Crippen molar-refractivity contribution in [3.8, 4) is 0 Å². The summed E-state index contributed by atoms with van der Waals surface area (Å²) in [6.45, 7) is 4.65. The molecular weight excluding hydrogens is 1400 g/mol. The highest BCUT2D eigenvalue weighted by Gasteiger charge is 2.30. The van der Waals surface area contributed by atoms with Crippen molar-refractivity contribution in [2.45, 2.75) is 367 Å². The van der Waals surface area contributed by atoms with Crippen LogP contribution in [0.2, 0.25) is 0 Å². The molecule has 0 spiro atoms. The van der Waals surface area contributed by atoms with Crippen LogP contribution in [0, 0.1) is 0 Å². The van der Waals surface area contributed by atoms with Crippen LogP contribution >= 0.6 is 15.6 Å². The van der Waals surface area contributed by atoms with Crippen LogP contribution in [-0.4, -0.2) is 96.7 Å². The summed E-state index contributed by atoms with van der Waals surface area (Å²) in [5.74, 6) is -2.26. The predicted octanol–water partition coefficient (Wildman–Crippen LogP) is 25.2. The Kier molecular flexibility index (Phi) is 76.7. The number of aliphatic hydroxyl groups excluding tert-OH is 1. The minimum Gasteiger partial charge on any atom is -0.462 e. The number of rotatable bonds is 79. The summed E-state index contributed by atoms with van der Waals surface area (Å²) in [5, 5.41) is 10.7. The first-order valence-electron chi connectivity index (χ1n) is 42.4. The summed E-state index contributed by atoms with van der Waals surface area (Å²) in [6, 6.07) is 0. The number of allylic oxidation sites excluding steroid dienone is 22. The van der Waals surface area contributed by atoms with E-state index < -0.39 is 97.5 Å². The fourth-order valence-corrected chi connectivity index (χ4v) is 12.7. The Morgan fingerprint density at radius 1 is 0.269 bits per heavy atom. The molecule has 3 N–H and O–H groups in total. The van der Waals surface area contributed by atoms with Gasteiger partial charge < -0.3 is 33.8 Å². The van der Waals surface area contributed by atoms with Gasteiger partial charge in [-0.3, -0.25) is 37.3 Å². The van der Waals surface area contributed by atoms with E-state index in [1.54, 1.807) is 0 Å². The second-order valence-electron chi connectivity index (χ2n) is 28.0. The molecule has 620 valence electrons. The zero-order chi connectivity index (χ0) is 78.9. The Bertz CT molecular complexity index is 2560. The Morgan fingerprint density at radius 2 is 0.491 bits per heavy atom. The molecule has 0 fully saturated rings. The molecule has 0 aromatic rings. The van der Waals surface area contributed by atoms with Gasteiger partial charge in [-0.1, -0.05) is 315 Å². The summed E-state index contributed by atoms with van der Waals surface area (Å²) in [6.07, 6.45) is 91.3. The van der Waals surface area contributed by atoms with Crippen LogP contribution in [0.1, 0.15) is 349 Å². The van der Waals surface area contributed by atoms with Gasteiger partial charge in [0.25, 0.3) is 0 Å². The van der Waals surface area contributed by atoms with Gasteiger partial charge in [0, 0.05) is 25.7 Å². The molecule has 0 aromatic carbocycles. The van der Waals surface area contributed by atoms with Gasteiger partial charge in [-0.15, -0.1) is 0 Å². The van der Waals surface area contributed by atoms with Crippen LogP contribution in [0.15, 0.2) is 134 Å². The zero-order valence-electron chi connectivity index (χ0n) is 68.0. The van der Waals surface area contributed by atoms with Crippen molar-refractivity contribution < 1.29 is 80.2 Å². The predicted molar refractivity (Wildman–Crippen MR) is 445 cm³/mol. The first-order chi connectivity index (χ1) is 52.7. The van der Waals surface area contributed by atoms with E-state index in [1.165, 1.54) is 89.9 Å². The highest BCUT2D eigenvalue weighted by atomic mass is 31.2. The highest BCUT2D eigenvalue weighted by Crippen LogP contribution is 2.45. The van der Waals surface area contributed by atoms with Gasteiger partial charge in [-0.2, -0.15) is 0 Å². The van der Waals surface area contributed by atoms with Crippen molar-refractivity contribution in [3.05, 3.63) is 134 Å². The molecule has 17 nitrogen and oxygen atoms in total. The van der Waals surface area contributed by atoms with Crippen molar-refractivity contribution in [2.75, 3.05) is 39.6 Å². The van der Waals surface area contributed by atoms with E-state index >= 15 is 0 Å². The van der Waals surface area contributed by atoms with Crippen LogP contribution in [0.4, 0.5) is 0 Å². The Balaban J connectivity index is 5.42. The minimum absolute atomic E-state index is 0.0109. The molecule has 108 heavy (non-hydrogen) atoms. The number of carbonyl (C=O) groups is 4. The van der Waals surface area contributed by atoms with Crippen LogP contribution in [-0.2, 0) is 65.4 Å². The molecule has 0 bridgehead atoms. The fourth-order valence-electron chi connectivity index (χ4n) is 11.2. The lowest BCUT2D eigenvalue weighted by atomic mass is 10.0. The SMILES string of the molecule is CC/C=C\C/C=C\C/C=C\C/C=C\C/C=C\CCCC(=O)OC(COC(=O)CCCCCCCC/C=C\C/C=C\C/C=C\CCCCC)COP(=O)(O)OCC(O)COP(=O)(O)OCC(COC(=O)CCCCCCCC/C=C\C/C=C\C/C=C\CCCCC)OC(=O)CCCCCCCCCCCCCCC. The topological polar surface area (TPSA) is 237 Å². The molecule has 0 aliphatic rings. The van der Waals surface area contributed by atoms with Crippen molar-refractivity contribution in [1.29, 1.82) is 0 Å². The summed E-state index contributed by atoms with van der Waals surface area (Å²) < 4.78 is 68.7. The van der Waals surface area contributed by atoms with E-state index in [0.29, 0.717) is 32.1 Å². The van der Waals surface area contributed by atoms with Gasteiger partial charge in [-0.25, -0.2) is 9.13 Å². The van der Waals surface area contributed by atoms with E-state index in [2.05, 4.69) is 149 Å². The van der Waals surface area contributed by atoms with Gasteiger partial charge in [0.2, 0.25) is 0 Å². The Labute approximate surface area is 656 Å². The van der Waals surface area contributed by atoms with Crippen molar-refractivity contribution >= 4 is 39.5 Å². The van der Waals surface area contributed by atoms with Gasteiger partial charge in [0.1, 0.15) is 19.3 Å². The molecule has 0 saturated carbocycles. The van der Waals surface area contributed by atoms with E-state index in [0.717, 1.165) is 173 Å². The van der Waals surface area contributed by atoms with E-state index in [1.807, 2.05) is 12.2 Å². The summed E-state index contributed by atoms with van der Waals surface area (Å²) in [4.78, 5) is 73.2. The molecule has 5 unspecified atom stereocenters. The molecule has 0 amide bonds.